The van der Waals surface area contributed by atoms with E-state index >= 15 is 0 Å². The van der Waals surface area contributed by atoms with Crippen molar-refractivity contribution >= 4 is 21.8 Å². The van der Waals surface area contributed by atoms with Gasteiger partial charge in [-0.25, -0.2) is 0 Å². The van der Waals surface area contributed by atoms with Crippen LogP contribution in [0.2, 0.25) is 0 Å². The Balaban J connectivity index is 1.82. The normalized spacial score (nSPS) is 15.2. The number of nitrogens with zero attached hydrogens (tertiary/aromatic N) is 1. The summed E-state index contributed by atoms with van der Waals surface area (Å²) in [6.45, 7) is 1.90. The highest BCUT2D eigenvalue weighted by molar-refractivity contribution is 9.10. The number of hydrogen-bond acceptors (Lipinski definition) is 2. The first-order valence-electron chi connectivity index (χ1n) is 5.42. The second kappa shape index (κ2) is 5.34. The van der Waals surface area contributed by atoms with Crippen molar-refractivity contribution in [3.63, 3.8) is 0 Å². The first-order valence-corrected chi connectivity index (χ1v) is 6.21. The maximum absolute atomic E-state index is 11.7. The first-order chi connectivity index (χ1) is 7.75. The Morgan fingerprint density at radius 1 is 1.25 bits per heavy atom. The average Bonchev–Trinajstić information content (AvgIpc) is 2.81. The summed E-state index contributed by atoms with van der Waals surface area (Å²) in [6, 6.07) is 7.49. The van der Waals surface area contributed by atoms with Gasteiger partial charge in [-0.2, -0.15) is 0 Å². The molecule has 0 bridgehead atoms. The number of ether oxygens (including phenoxy) is 1. The number of amides is 1. The topological polar surface area (TPSA) is 29.5 Å². The van der Waals surface area contributed by atoms with Crippen molar-refractivity contribution in [3.05, 3.63) is 28.7 Å². The fraction of sp³-hybridized carbons (Fsp3) is 0.417. The fourth-order valence-electron chi connectivity index (χ4n) is 1.73. The van der Waals surface area contributed by atoms with Crippen molar-refractivity contribution < 1.29 is 9.53 Å². The third-order valence-electron chi connectivity index (χ3n) is 2.63. The van der Waals surface area contributed by atoms with Gasteiger partial charge in [0.2, 0.25) is 0 Å². The summed E-state index contributed by atoms with van der Waals surface area (Å²) in [4.78, 5) is 13.5. The molecule has 86 valence electrons. The van der Waals surface area contributed by atoms with Gasteiger partial charge in [0.15, 0.2) is 6.61 Å². The number of rotatable bonds is 3. The Kier molecular flexibility index (Phi) is 3.83. The first kappa shape index (κ1) is 11.5. The zero-order valence-electron chi connectivity index (χ0n) is 8.99. The van der Waals surface area contributed by atoms with Crippen LogP contribution in [-0.4, -0.2) is 30.5 Å². The van der Waals surface area contributed by atoms with E-state index < -0.39 is 0 Å². The summed E-state index contributed by atoms with van der Waals surface area (Å²) in [5.41, 5.74) is 0. The van der Waals surface area contributed by atoms with Gasteiger partial charge >= 0.3 is 0 Å². The smallest absolute Gasteiger partial charge is 0.260 e. The highest BCUT2D eigenvalue weighted by Crippen LogP contribution is 2.16. The largest absolute Gasteiger partial charge is 0.484 e. The number of likely N-dealkylation sites (tertiary alicyclic amines) is 1. The van der Waals surface area contributed by atoms with E-state index in [-0.39, 0.29) is 12.5 Å². The fourth-order valence-corrected chi connectivity index (χ4v) is 2.00. The van der Waals surface area contributed by atoms with Gasteiger partial charge in [0, 0.05) is 17.6 Å². The molecule has 1 saturated heterocycles. The third kappa shape index (κ3) is 2.98. The van der Waals surface area contributed by atoms with E-state index in [1.807, 2.05) is 29.2 Å². The number of hydrogen-bond donors (Lipinski definition) is 0. The van der Waals surface area contributed by atoms with Gasteiger partial charge in [0.1, 0.15) is 5.75 Å². The molecule has 0 saturated carbocycles. The Hall–Kier alpha value is -1.03. The van der Waals surface area contributed by atoms with E-state index in [1.165, 1.54) is 0 Å². The minimum atomic E-state index is 0.0837. The summed E-state index contributed by atoms with van der Waals surface area (Å²) in [6.07, 6.45) is 2.23. The highest BCUT2D eigenvalue weighted by Gasteiger charge is 2.17. The van der Waals surface area contributed by atoms with Gasteiger partial charge in [-0.1, -0.05) is 15.9 Å². The Morgan fingerprint density at radius 2 is 1.88 bits per heavy atom. The van der Waals surface area contributed by atoms with E-state index in [2.05, 4.69) is 15.9 Å². The molecule has 4 heteroatoms. The van der Waals surface area contributed by atoms with Crippen LogP contribution in [0.15, 0.2) is 28.7 Å². The molecule has 16 heavy (non-hydrogen) atoms. The molecule has 1 aliphatic rings. The van der Waals surface area contributed by atoms with Gasteiger partial charge in [-0.05, 0) is 37.1 Å². The van der Waals surface area contributed by atoms with Crippen LogP contribution < -0.4 is 4.74 Å². The van der Waals surface area contributed by atoms with E-state index in [0.29, 0.717) is 0 Å². The molecule has 1 heterocycles. The van der Waals surface area contributed by atoms with E-state index in [0.717, 1.165) is 36.2 Å². The van der Waals surface area contributed by atoms with E-state index in [4.69, 9.17) is 4.74 Å². The van der Waals surface area contributed by atoms with Crippen molar-refractivity contribution in [2.75, 3.05) is 19.7 Å². The molecule has 0 N–H and O–H groups in total. The molecule has 0 unspecified atom stereocenters. The Morgan fingerprint density at radius 3 is 2.50 bits per heavy atom. The number of carbonyl (C=O) groups is 1. The molecule has 1 fully saturated rings. The minimum Gasteiger partial charge on any atom is -0.484 e. The van der Waals surface area contributed by atoms with Gasteiger partial charge in [-0.3, -0.25) is 4.79 Å². The molecule has 2 rings (SSSR count). The summed E-state index contributed by atoms with van der Waals surface area (Å²) in [7, 11) is 0. The Bertz CT molecular complexity index is 358. The summed E-state index contributed by atoms with van der Waals surface area (Å²) in [5.74, 6) is 0.816. The lowest BCUT2D eigenvalue weighted by molar-refractivity contribution is -0.132. The molecular formula is C12H14BrNO2. The van der Waals surface area contributed by atoms with Crippen LogP contribution in [0.4, 0.5) is 0 Å². The van der Waals surface area contributed by atoms with E-state index in [9.17, 15) is 4.79 Å². The van der Waals surface area contributed by atoms with Crippen molar-refractivity contribution in [2.45, 2.75) is 12.8 Å². The maximum atomic E-state index is 11.7. The van der Waals surface area contributed by atoms with Crippen molar-refractivity contribution in [3.8, 4) is 5.75 Å². The highest BCUT2D eigenvalue weighted by atomic mass is 79.9. The molecule has 0 spiro atoms. The van der Waals surface area contributed by atoms with Crippen LogP contribution in [0.3, 0.4) is 0 Å². The van der Waals surface area contributed by atoms with Gasteiger partial charge < -0.3 is 9.64 Å². The van der Waals surface area contributed by atoms with Crippen LogP contribution in [0, 0.1) is 0 Å². The van der Waals surface area contributed by atoms with Crippen LogP contribution in [0.5, 0.6) is 5.75 Å². The molecule has 0 radical (unpaired) electrons. The number of carbonyl (C=O) groups excluding carboxylic acids is 1. The van der Waals surface area contributed by atoms with Crippen LogP contribution >= 0.6 is 15.9 Å². The minimum absolute atomic E-state index is 0.0837. The molecule has 1 aliphatic heterocycles. The van der Waals surface area contributed by atoms with Crippen molar-refractivity contribution in [1.82, 2.24) is 4.90 Å². The molecule has 0 atom stereocenters. The molecule has 0 aromatic heterocycles. The maximum Gasteiger partial charge on any atom is 0.260 e. The number of benzene rings is 1. The van der Waals surface area contributed by atoms with Crippen molar-refractivity contribution in [2.24, 2.45) is 0 Å². The molecule has 0 aliphatic carbocycles. The van der Waals surface area contributed by atoms with Crippen LogP contribution in [0.1, 0.15) is 12.8 Å². The Labute approximate surface area is 104 Å². The predicted octanol–water partition coefficient (Wildman–Crippen LogP) is 2.45. The SMILES string of the molecule is O=C(COc1ccc(Br)cc1)N1CCCC1. The zero-order chi connectivity index (χ0) is 11.4. The molecule has 1 amide bonds. The predicted molar refractivity (Wildman–Crippen MR) is 65.5 cm³/mol. The third-order valence-corrected chi connectivity index (χ3v) is 3.16. The molecule has 3 nitrogen and oxygen atoms in total. The second-order valence-electron chi connectivity index (χ2n) is 3.83. The molecule has 1 aromatic carbocycles. The van der Waals surface area contributed by atoms with Crippen molar-refractivity contribution in [1.29, 1.82) is 0 Å². The standard InChI is InChI=1S/C12H14BrNO2/c13-10-3-5-11(6-4-10)16-9-12(15)14-7-1-2-8-14/h3-6H,1-2,7-9H2. The number of halogens is 1. The second-order valence-corrected chi connectivity index (χ2v) is 4.75. The average molecular weight is 284 g/mol. The lowest BCUT2D eigenvalue weighted by Crippen LogP contribution is -2.32. The summed E-state index contributed by atoms with van der Waals surface area (Å²) < 4.78 is 6.43. The van der Waals surface area contributed by atoms with Gasteiger partial charge in [0.25, 0.3) is 5.91 Å². The summed E-state index contributed by atoms with van der Waals surface area (Å²) >= 11 is 3.35. The summed E-state index contributed by atoms with van der Waals surface area (Å²) in [5, 5.41) is 0. The van der Waals surface area contributed by atoms with Crippen LogP contribution in [-0.2, 0) is 4.79 Å². The zero-order valence-corrected chi connectivity index (χ0v) is 10.6. The van der Waals surface area contributed by atoms with Gasteiger partial charge in [-0.15, -0.1) is 0 Å². The lowest BCUT2D eigenvalue weighted by Gasteiger charge is -2.15. The lowest BCUT2D eigenvalue weighted by atomic mass is 10.3. The molecular weight excluding hydrogens is 270 g/mol. The monoisotopic (exact) mass is 283 g/mol. The van der Waals surface area contributed by atoms with Gasteiger partial charge in [0.05, 0.1) is 0 Å². The molecule has 1 aromatic rings. The quantitative estimate of drug-likeness (QED) is 0.853. The van der Waals surface area contributed by atoms with E-state index in [1.54, 1.807) is 0 Å². The van der Waals surface area contributed by atoms with Crippen LogP contribution in [0.25, 0.3) is 0 Å².